The number of alkyl halides is 3. The van der Waals surface area contributed by atoms with Crippen molar-refractivity contribution in [3.8, 4) is 17.3 Å². The van der Waals surface area contributed by atoms with Crippen molar-refractivity contribution in [2.75, 3.05) is 20.2 Å². The van der Waals surface area contributed by atoms with Crippen LogP contribution in [0.5, 0.6) is 5.75 Å². The van der Waals surface area contributed by atoms with Crippen molar-refractivity contribution >= 4 is 33.9 Å². The fraction of sp³-hybridized carbons (Fsp3) is 0.543. The number of hydrogen-bond acceptors (Lipinski definition) is 6. The third-order valence-electron chi connectivity index (χ3n) is 10.4. The number of hydrogen-bond donors (Lipinski definition) is 3. The van der Waals surface area contributed by atoms with Gasteiger partial charge in [0.2, 0.25) is 11.8 Å². The molecule has 3 aromatic heterocycles. The molecule has 13 heteroatoms. The number of benzene rings is 1. The van der Waals surface area contributed by atoms with Crippen LogP contribution in [0.1, 0.15) is 80.4 Å². The minimum Gasteiger partial charge on any atom is -0.494 e. The number of aryl methyl sites for hydroxylation is 2. The first kappa shape index (κ1) is 32.4. The number of carbonyl (C=O) groups excluding carboxylic acids is 2. The summed E-state index contributed by atoms with van der Waals surface area (Å²) in [5, 5.41) is 9.84. The molecular formula is C35H42F3N7O3. The van der Waals surface area contributed by atoms with Gasteiger partial charge >= 0.3 is 0 Å². The fourth-order valence-electron chi connectivity index (χ4n) is 7.74. The summed E-state index contributed by atoms with van der Waals surface area (Å²) in [4.78, 5) is 36.6. The highest BCUT2D eigenvalue weighted by Crippen LogP contribution is 2.55. The third kappa shape index (κ3) is 5.79. The molecule has 4 aromatic rings. The van der Waals surface area contributed by atoms with Gasteiger partial charge in [0.1, 0.15) is 23.1 Å². The van der Waals surface area contributed by atoms with E-state index in [0.717, 1.165) is 36.0 Å². The molecule has 48 heavy (non-hydrogen) atoms. The van der Waals surface area contributed by atoms with Crippen molar-refractivity contribution < 1.29 is 27.5 Å². The zero-order valence-corrected chi connectivity index (χ0v) is 27.5. The molecule has 7 rings (SSSR count). The van der Waals surface area contributed by atoms with E-state index in [9.17, 15) is 22.8 Å². The van der Waals surface area contributed by atoms with Gasteiger partial charge in [-0.3, -0.25) is 9.59 Å². The zero-order chi connectivity index (χ0) is 33.8. The van der Waals surface area contributed by atoms with Crippen molar-refractivity contribution in [3.63, 3.8) is 0 Å². The van der Waals surface area contributed by atoms with Crippen LogP contribution in [0.25, 0.3) is 33.6 Å². The van der Waals surface area contributed by atoms with E-state index in [4.69, 9.17) is 14.7 Å². The molecule has 0 radical (unpaired) electrons. The summed E-state index contributed by atoms with van der Waals surface area (Å²) < 4.78 is 52.3. The Labute approximate surface area is 276 Å². The Morgan fingerprint density at radius 2 is 1.90 bits per heavy atom. The van der Waals surface area contributed by atoms with Crippen LogP contribution in [-0.4, -0.2) is 69.3 Å². The van der Waals surface area contributed by atoms with E-state index in [2.05, 4.69) is 20.5 Å². The Bertz CT molecular complexity index is 1880. The fourth-order valence-corrected chi connectivity index (χ4v) is 7.74. The largest absolute Gasteiger partial charge is 0.494 e. The van der Waals surface area contributed by atoms with Gasteiger partial charge in [-0.25, -0.2) is 23.1 Å². The van der Waals surface area contributed by atoms with Gasteiger partial charge in [-0.1, -0.05) is 19.3 Å². The Kier molecular flexibility index (Phi) is 8.37. The van der Waals surface area contributed by atoms with Crippen LogP contribution in [0, 0.1) is 5.41 Å². The van der Waals surface area contributed by atoms with E-state index in [0.29, 0.717) is 72.8 Å². The quantitative estimate of drug-likeness (QED) is 0.262. The average molecular weight is 666 g/mol. The number of carbonyl (C=O) groups is 2. The lowest BCUT2D eigenvalue weighted by molar-refractivity contribution is -0.181. The second-order valence-corrected chi connectivity index (χ2v) is 13.8. The minimum atomic E-state index is -2.79. The summed E-state index contributed by atoms with van der Waals surface area (Å²) in [6, 6.07) is 8.14. The van der Waals surface area contributed by atoms with Crippen molar-refractivity contribution in [1.82, 2.24) is 35.1 Å². The van der Waals surface area contributed by atoms with Gasteiger partial charge in [0.05, 0.1) is 41.5 Å². The van der Waals surface area contributed by atoms with Gasteiger partial charge in [0.25, 0.3) is 5.91 Å². The first-order valence-electron chi connectivity index (χ1n) is 16.9. The molecule has 2 bridgehead atoms. The highest BCUT2D eigenvalue weighted by molar-refractivity contribution is 6.00. The van der Waals surface area contributed by atoms with Gasteiger partial charge in [0.15, 0.2) is 5.82 Å². The summed E-state index contributed by atoms with van der Waals surface area (Å²) in [6.07, 6.45) is 2.11. The molecule has 0 unspecified atom stereocenters. The van der Waals surface area contributed by atoms with E-state index in [-0.39, 0.29) is 5.91 Å². The number of piperidine rings is 1. The number of nitrogens with one attached hydrogen (secondary N) is 3. The second-order valence-electron chi connectivity index (χ2n) is 13.8. The maximum absolute atomic E-state index is 14.5. The number of ether oxygens (including phenoxy) is 1. The van der Waals surface area contributed by atoms with E-state index in [1.54, 1.807) is 19.2 Å². The van der Waals surface area contributed by atoms with Crippen molar-refractivity contribution in [2.45, 2.75) is 89.0 Å². The predicted molar refractivity (Wildman–Crippen MR) is 176 cm³/mol. The lowest BCUT2D eigenvalue weighted by Gasteiger charge is -2.46. The molecule has 1 aromatic carbocycles. The molecule has 1 aliphatic carbocycles. The molecule has 2 amide bonds. The van der Waals surface area contributed by atoms with Crippen LogP contribution in [0.3, 0.4) is 0 Å². The number of methoxy groups -OCH3 is 1. The maximum atomic E-state index is 14.5. The van der Waals surface area contributed by atoms with E-state index in [1.165, 1.54) is 0 Å². The second kappa shape index (κ2) is 12.4. The van der Waals surface area contributed by atoms with E-state index < -0.39 is 48.3 Å². The van der Waals surface area contributed by atoms with E-state index >= 15 is 0 Å². The smallest absolute Gasteiger partial charge is 0.251 e. The van der Waals surface area contributed by atoms with Crippen LogP contribution < -0.4 is 20.7 Å². The normalized spacial score (nSPS) is 24.3. The SMILES string of the molecule is COc1cc(C(=O)N[C@H]2CNCC[C@@H]2F)cc2nc(-c3cc4ccc5nc4n3CCCCCCC3(CC(F)(F)C3)C(=O)N[C@@H]5C)n(C)c12. The molecular weight excluding hydrogens is 623 g/mol. The molecule has 3 N–H and O–H groups in total. The molecule has 5 heterocycles. The predicted octanol–water partition coefficient (Wildman–Crippen LogP) is 5.59. The number of pyridine rings is 1. The molecule has 1 spiro atoms. The van der Waals surface area contributed by atoms with Gasteiger partial charge in [-0.15, -0.1) is 0 Å². The Balaban J connectivity index is 1.25. The van der Waals surface area contributed by atoms with Crippen LogP contribution >= 0.6 is 0 Å². The standard InChI is InChI=1S/C35H42F3N7O3/c1-20-24-9-8-21-15-27(45(30(21)41-24)13-7-5-4-6-11-34(33(47)40-20)18-35(37,38)19-34)31-42-25-14-22(16-28(48-3)29(25)44(31)2)32(46)43-26-17-39-12-10-23(26)36/h8-9,14-16,20,23,26,39H,4-7,10-13,17-19H2,1-3H3,(H,40,47)(H,43,46)/t20-,23+,26+/m1/s1. The molecule has 2 aliphatic heterocycles. The summed E-state index contributed by atoms with van der Waals surface area (Å²) in [5.74, 6) is -2.37. The molecule has 10 nitrogen and oxygen atoms in total. The molecule has 3 aliphatic rings. The van der Waals surface area contributed by atoms with Gasteiger partial charge < -0.3 is 29.8 Å². The Morgan fingerprint density at radius 1 is 1.10 bits per heavy atom. The number of nitrogens with zero attached hydrogens (tertiary/aromatic N) is 4. The van der Waals surface area contributed by atoms with Crippen LogP contribution in [0.15, 0.2) is 30.3 Å². The van der Waals surface area contributed by atoms with Gasteiger partial charge in [-0.05, 0) is 63.1 Å². The maximum Gasteiger partial charge on any atom is 0.251 e. The topological polar surface area (TPSA) is 115 Å². The minimum absolute atomic E-state index is 0.322. The molecule has 1 saturated carbocycles. The van der Waals surface area contributed by atoms with Gasteiger partial charge in [-0.2, -0.15) is 0 Å². The number of fused-ring (bicyclic) bond motifs is 2. The molecule has 1 saturated heterocycles. The lowest BCUT2D eigenvalue weighted by Crippen LogP contribution is -2.55. The summed E-state index contributed by atoms with van der Waals surface area (Å²) in [6.45, 7) is 3.44. The highest BCUT2D eigenvalue weighted by Gasteiger charge is 2.60. The summed E-state index contributed by atoms with van der Waals surface area (Å²) >= 11 is 0. The summed E-state index contributed by atoms with van der Waals surface area (Å²) in [5.41, 5.74) is 2.82. The monoisotopic (exact) mass is 665 g/mol. The molecule has 2 fully saturated rings. The number of halogens is 3. The molecule has 3 atom stereocenters. The Hall–Kier alpha value is -4.13. The first-order chi connectivity index (χ1) is 23.0. The zero-order valence-electron chi connectivity index (χ0n) is 27.5. The van der Waals surface area contributed by atoms with E-state index in [1.807, 2.05) is 36.7 Å². The van der Waals surface area contributed by atoms with Crippen LogP contribution in [-0.2, 0) is 18.4 Å². The average Bonchev–Trinajstić information content (AvgIpc) is 3.58. The third-order valence-corrected chi connectivity index (χ3v) is 10.4. The Morgan fingerprint density at radius 3 is 2.65 bits per heavy atom. The van der Waals surface area contributed by atoms with Crippen molar-refractivity contribution in [2.24, 2.45) is 12.5 Å². The van der Waals surface area contributed by atoms with Crippen LogP contribution in [0.2, 0.25) is 0 Å². The molecule has 256 valence electrons. The number of amides is 2. The summed E-state index contributed by atoms with van der Waals surface area (Å²) in [7, 11) is 3.44. The lowest BCUT2D eigenvalue weighted by atomic mass is 9.62. The number of aromatic nitrogens is 4. The van der Waals surface area contributed by atoms with Crippen molar-refractivity contribution in [3.05, 3.63) is 41.6 Å². The van der Waals surface area contributed by atoms with Crippen LogP contribution in [0.4, 0.5) is 13.2 Å². The number of rotatable bonds is 4. The highest BCUT2D eigenvalue weighted by atomic mass is 19.3. The van der Waals surface area contributed by atoms with Gasteiger partial charge in [0, 0.05) is 43.9 Å². The first-order valence-corrected chi connectivity index (χ1v) is 16.9. The number of imidazole rings is 1. The van der Waals surface area contributed by atoms with Crippen molar-refractivity contribution in [1.29, 1.82) is 0 Å².